The number of amides is 2. The first-order chi connectivity index (χ1) is 13.1. The number of fused-ring (bicyclic) bond motifs is 1. The summed E-state index contributed by atoms with van der Waals surface area (Å²) in [6.45, 7) is 4.10. The van der Waals surface area contributed by atoms with Crippen LogP contribution in [0.2, 0.25) is 5.02 Å². The number of ether oxygens (including phenoxy) is 3. The third-order valence-corrected chi connectivity index (χ3v) is 4.83. The van der Waals surface area contributed by atoms with Crippen molar-refractivity contribution in [3.8, 4) is 11.5 Å². The second-order valence-electron chi connectivity index (χ2n) is 6.46. The standard InChI is InChI=1S/C18H24ClN3O5/c1-25-8-2-3-20-16(23)11-21-4-6-22(7-5-21)18(24)13-9-14(19)17-15(10-13)26-12-27-17/h9-10H,2-8,11-12H2,1H3,(H,20,23). The van der Waals surface area contributed by atoms with Crippen molar-refractivity contribution >= 4 is 23.4 Å². The van der Waals surface area contributed by atoms with Crippen LogP contribution in [-0.4, -0.2) is 81.4 Å². The predicted molar refractivity (Wildman–Crippen MR) is 99.4 cm³/mol. The van der Waals surface area contributed by atoms with Crippen LogP contribution in [0.1, 0.15) is 16.8 Å². The molecule has 2 heterocycles. The first-order valence-electron chi connectivity index (χ1n) is 8.95. The molecule has 148 valence electrons. The van der Waals surface area contributed by atoms with E-state index in [0.29, 0.717) is 68.0 Å². The maximum Gasteiger partial charge on any atom is 0.254 e. The van der Waals surface area contributed by atoms with Gasteiger partial charge in [-0.1, -0.05) is 11.6 Å². The molecule has 1 saturated heterocycles. The zero-order valence-electron chi connectivity index (χ0n) is 15.3. The van der Waals surface area contributed by atoms with Gasteiger partial charge in [-0.25, -0.2) is 0 Å². The van der Waals surface area contributed by atoms with Gasteiger partial charge in [0.15, 0.2) is 11.5 Å². The van der Waals surface area contributed by atoms with Crippen LogP contribution < -0.4 is 14.8 Å². The Morgan fingerprint density at radius 3 is 2.74 bits per heavy atom. The van der Waals surface area contributed by atoms with Gasteiger partial charge in [-0.2, -0.15) is 0 Å². The summed E-state index contributed by atoms with van der Waals surface area (Å²) in [5, 5.41) is 3.25. The fourth-order valence-electron chi connectivity index (χ4n) is 3.09. The van der Waals surface area contributed by atoms with Crippen molar-refractivity contribution in [2.45, 2.75) is 6.42 Å². The van der Waals surface area contributed by atoms with Gasteiger partial charge in [0.25, 0.3) is 5.91 Å². The van der Waals surface area contributed by atoms with E-state index in [1.54, 1.807) is 24.1 Å². The molecule has 3 rings (SSSR count). The summed E-state index contributed by atoms with van der Waals surface area (Å²) in [6, 6.07) is 3.27. The first-order valence-corrected chi connectivity index (χ1v) is 9.32. The zero-order valence-corrected chi connectivity index (χ0v) is 16.1. The number of carbonyl (C=O) groups excluding carboxylic acids is 2. The number of nitrogens with one attached hydrogen (secondary N) is 1. The van der Waals surface area contributed by atoms with Gasteiger partial charge in [-0.15, -0.1) is 0 Å². The summed E-state index contributed by atoms with van der Waals surface area (Å²) in [4.78, 5) is 28.5. The SMILES string of the molecule is COCCCNC(=O)CN1CCN(C(=O)c2cc(Cl)c3c(c2)OCO3)CC1. The molecule has 0 aliphatic carbocycles. The summed E-state index contributed by atoms with van der Waals surface area (Å²) in [5.74, 6) is 0.872. The second kappa shape index (κ2) is 9.25. The second-order valence-corrected chi connectivity index (χ2v) is 6.86. The number of benzene rings is 1. The highest BCUT2D eigenvalue weighted by Crippen LogP contribution is 2.40. The van der Waals surface area contributed by atoms with Crippen LogP contribution in [-0.2, 0) is 9.53 Å². The normalized spacial score (nSPS) is 16.4. The van der Waals surface area contributed by atoms with Crippen molar-refractivity contribution in [2.24, 2.45) is 0 Å². The molecule has 0 saturated carbocycles. The molecule has 9 heteroatoms. The third-order valence-electron chi connectivity index (χ3n) is 4.55. The van der Waals surface area contributed by atoms with Crippen LogP contribution in [0, 0.1) is 0 Å². The summed E-state index contributed by atoms with van der Waals surface area (Å²) < 4.78 is 15.6. The molecule has 1 aromatic carbocycles. The molecule has 0 spiro atoms. The lowest BCUT2D eigenvalue weighted by Crippen LogP contribution is -2.51. The lowest BCUT2D eigenvalue weighted by Gasteiger charge is -2.34. The molecule has 0 aromatic heterocycles. The van der Waals surface area contributed by atoms with E-state index < -0.39 is 0 Å². The Morgan fingerprint density at radius 2 is 2.00 bits per heavy atom. The smallest absolute Gasteiger partial charge is 0.254 e. The molecular formula is C18H24ClN3O5. The summed E-state index contributed by atoms with van der Waals surface area (Å²) in [5.41, 5.74) is 0.480. The minimum Gasteiger partial charge on any atom is -0.454 e. The van der Waals surface area contributed by atoms with E-state index in [1.807, 2.05) is 4.90 Å². The van der Waals surface area contributed by atoms with E-state index in [1.165, 1.54) is 0 Å². The fraction of sp³-hybridized carbons (Fsp3) is 0.556. The lowest BCUT2D eigenvalue weighted by molar-refractivity contribution is -0.122. The van der Waals surface area contributed by atoms with Crippen LogP contribution in [0.15, 0.2) is 12.1 Å². The quantitative estimate of drug-likeness (QED) is 0.691. The molecule has 0 atom stereocenters. The molecule has 1 aromatic rings. The van der Waals surface area contributed by atoms with Gasteiger partial charge in [0.05, 0.1) is 11.6 Å². The molecule has 8 nitrogen and oxygen atoms in total. The summed E-state index contributed by atoms with van der Waals surface area (Å²) in [7, 11) is 1.64. The molecule has 2 aliphatic heterocycles. The number of halogens is 1. The van der Waals surface area contributed by atoms with Crippen molar-refractivity contribution in [3.63, 3.8) is 0 Å². The molecule has 1 fully saturated rings. The number of hydrogen-bond donors (Lipinski definition) is 1. The molecule has 2 amide bonds. The number of hydrogen-bond acceptors (Lipinski definition) is 6. The number of nitrogens with zero attached hydrogens (tertiary/aromatic N) is 2. The highest BCUT2D eigenvalue weighted by atomic mass is 35.5. The van der Waals surface area contributed by atoms with Gasteiger partial charge < -0.3 is 24.4 Å². The Bertz CT molecular complexity index is 692. The molecule has 27 heavy (non-hydrogen) atoms. The van der Waals surface area contributed by atoms with E-state index in [-0.39, 0.29) is 18.6 Å². The van der Waals surface area contributed by atoms with E-state index in [9.17, 15) is 9.59 Å². The van der Waals surface area contributed by atoms with Gasteiger partial charge in [0.1, 0.15) is 0 Å². The molecule has 0 unspecified atom stereocenters. The van der Waals surface area contributed by atoms with Crippen molar-refractivity contribution in [3.05, 3.63) is 22.7 Å². The maximum atomic E-state index is 12.7. The number of carbonyl (C=O) groups is 2. The van der Waals surface area contributed by atoms with Crippen LogP contribution in [0.4, 0.5) is 0 Å². The molecular weight excluding hydrogens is 374 g/mol. The monoisotopic (exact) mass is 397 g/mol. The first kappa shape index (κ1) is 19.7. The number of rotatable bonds is 7. The van der Waals surface area contributed by atoms with Gasteiger partial charge in [-0.05, 0) is 18.6 Å². The maximum absolute atomic E-state index is 12.7. The summed E-state index contributed by atoms with van der Waals surface area (Å²) >= 11 is 6.16. The van der Waals surface area contributed by atoms with Gasteiger partial charge >= 0.3 is 0 Å². The van der Waals surface area contributed by atoms with Crippen molar-refractivity contribution < 1.29 is 23.8 Å². The van der Waals surface area contributed by atoms with E-state index >= 15 is 0 Å². The highest BCUT2D eigenvalue weighted by Gasteiger charge is 2.26. The molecule has 2 aliphatic rings. The Labute approximate surface area is 163 Å². The minimum atomic E-state index is -0.0983. The van der Waals surface area contributed by atoms with E-state index in [2.05, 4.69) is 5.32 Å². The van der Waals surface area contributed by atoms with Gasteiger partial charge in [-0.3, -0.25) is 14.5 Å². The lowest BCUT2D eigenvalue weighted by atomic mass is 10.1. The van der Waals surface area contributed by atoms with Crippen LogP contribution in [0.5, 0.6) is 11.5 Å². The van der Waals surface area contributed by atoms with E-state index in [0.717, 1.165) is 6.42 Å². The van der Waals surface area contributed by atoms with Crippen LogP contribution in [0.3, 0.4) is 0 Å². The third kappa shape index (κ3) is 5.03. The molecule has 0 radical (unpaired) electrons. The van der Waals surface area contributed by atoms with Crippen molar-refractivity contribution in [2.75, 3.05) is 59.8 Å². The van der Waals surface area contributed by atoms with Crippen LogP contribution in [0.25, 0.3) is 0 Å². The predicted octanol–water partition coefficient (Wildman–Crippen LogP) is 0.979. The number of methoxy groups -OCH3 is 1. The fourth-order valence-corrected chi connectivity index (χ4v) is 3.35. The largest absolute Gasteiger partial charge is 0.454 e. The average molecular weight is 398 g/mol. The number of piperazine rings is 1. The Kier molecular flexibility index (Phi) is 6.76. The van der Waals surface area contributed by atoms with Crippen molar-refractivity contribution in [1.82, 2.24) is 15.1 Å². The van der Waals surface area contributed by atoms with Gasteiger partial charge in [0, 0.05) is 52.0 Å². The minimum absolute atomic E-state index is 0.00608. The Balaban J connectivity index is 1.47. The molecule has 1 N–H and O–H groups in total. The summed E-state index contributed by atoms with van der Waals surface area (Å²) in [6.07, 6.45) is 0.794. The Hall–Kier alpha value is -2.03. The average Bonchev–Trinajstić information content (AvgIpc) is 3.14. The van der Waals surface area contributed by atoms with Crippen LogP contribution >= 0.6 is 11.6 Å². The molecule has 0 bridgehead atoms. The van der Waals surface area contributed by atoms with Crippen molar-refractivity contribution in [1.29, 1.82) is 0 Å². The Morgan fingerprint density at radius 1 is 1.22 bits per heavy atom. The van der Waals surface area contributed by atoms with E-state index in [4.69, 9.17) is 25.8 Å². The zero-order chi connectivity index (χ0) is 19.2. The highest BCUT2D eigenvalue weighted by molar-refractivity contribution is 6.32. The topological polar surface area (TPSA) is 80.3 Å². The van der Waals surface area contributed by atoms with Gasteiger partial charge in [0.2, 0.25) is 12.7 Å².